The molecule has 5 aromatic carbocycles. The Balaban J connectivity index is 0.00000300. The van der Waals surface area contributed by atoms with Crippen LogP contribution in [-0.4, -0.2) is 31.0 Å². The van der Waals surface area contributed by atoms with E-state index in [0.29, 0.717) is 17.1 Å². The molecule has 15 nitrogen and oxygen atoms in total. The molecule has 0 heterocycles. The minimum Gasteiger partial charge on any atom is -0.744 e. The van der Waals surface area contributed by atoms with Crippen LogP contribution in [0.25, 0.3) is 10.8 Å². The van der Waals surface area contributed by atoms with E-state index < -0.39 is 47.1 Å². The maximum atomic E-state index is 12.9. The van der Waals surface area contributed by atoms with E-state index in [4.69, 9.17) is 0 Å². The molecule has 5 aromatic rings. The minimum absolute atomic E-state index is 0. The summed E-state index contributed by atoms with van der Waals surface area (Å²) in [6, 6.07) is 19.8. The van der Waals surface area contributed by atoms with E-state index in [2.05, 4.69) is 31.3 Å². The third-order valence-corrected chi connectivity index (χ3v) is 7.81. The number of nitrogens with one attached hydrogen (secondary N) is 2. The van der Waals surface area contributed by atoms with Gasteiger partial charge in [-0.1, -0.05) is 0 Å². The number of anilines is 2. The number of nitrogens with zero attached hydrogens (tertiary/aromatic N) is 4. The molecule has 0 unspecified atom stereocenters. The monoisotopic (exact) mass is 692 g/mol. The van der Waals surface area contributed by atoms with Crippen LogP contribution in [-0.2, 0) is 20.2 Å². The maximum absolute atomic E-state index is 12.9. The van der Waals surface area contributed by atoms with Crippen LogP contribution < -0.4 is 91.5 Å². The summed E-state index contributed by atoms with van der Waals surface area (Å²) in [5.41, 5.74) is 5.20. The third-order valence-electron chi connectivity index (χ3n) is 6.14. The SMILES string of the molecule is O=c1cc/c(=N/Nc2ccc(N=Nc3ccc(S(=O)(=O)[O-])cc3)cc2)c(=O)/c1=N/Nc1ccc2c(O)cc(S(=O)(=O)[O-])cc2c1.[Na+].[Na+]. The van der Waals surface area contributed by atoms with E-state index >= 15 is 0 Å². The summed E-state index contributed by atoms with van der Waals surface area (Å²) >= 11 is 0. The van der Waals surface area contributed by atoms with Gasteiger partial charge in [0.1, 0.15) is 31.3 Å². The van der Waals surface area contributed by atoms with Gasteiger partial charge in [0.2, 0.25) is 10.9 Å². The zero-order valence-corrected chi connectivity index (χ0v) is 30.1. The molecule has 0 aliphatic carbocycles. The molecule has 0 amide bonds. The fourth-order valence-corrected chi connectivity index (χ4v) is 4.91. The van der Waals surface area contributed by atoms with E-state index in [-0.39, 0.29) is 85.8 Å². The van der Waals surface area contributed by atoms with Crippen LogP contribution in [0.3, 0.4) is 0 Å². The Bertz CT molecular complexity index is 2430. The quantitative estimate of drug-likeness (QED) is 0.0617. The first-order chi connectivity index (χ1) is 21.3. The van der Waals surface area contributed by atoms with Gasteiger partial charge >= 0.3 is 59.1 Å². The van der Waals surface area contributed by atoms with E-state index in [9.17, 15) is 40.6 Å². The number of rotatable bonds is 8. The number of hydrogen-bond acceptors (Lipinski definition) is 15. The summed E-state index contributed by atoms with van der Waals surface area (Å²) in [6.45, 7) is 0. The first-order valence-corrected chi connectivity index (χ1v) is 15.3. The molecule has 228 valence electrons. The molecule has 0 saturated carbocycles. The summed E-state index contributed by atoms with van der Waals surface area (Å²) in [5.74, 6) is -0.417. The molecule has 0 bridgehead atoms. The van der Waals surface area contributed by atoms with Crippen LogP contribution in [0.2, 0.25) is 0 Å². The van der Waals surface area contributed by atoms with Crippen LogP contribution in [0.1, 0.15) is 0 Å². The van der Waals surface area contributed by atoms with Crippen molar-refractivity contribution < 1.29 is 90.2 Å². The molecule has 0 fully saturated rings. The van der Waals surface area contributed by atoms with Crippen molar-refractivity contribution in [2.24, 2.45) is 20.4 Å². The molecular weight excluding hydrogens is 674 g/mol. The summed E-state index contributed by atoms with van der Waals surface area (Å²) in [4.78, 5) is 24.3. The topological polar surface area (TPSA) is 242 Å². The standard InChI is InChI=1S/C28H20N6O9S2.2Na/c35-25-12-11-24(33-31-18-3-1-17(2-4-18)29-30-19-5-8-21(9-6-19)44(38,39)40)28(37)27(25)34-32-20-7-10-23-16(13-20)14-22(15-26(23)36)45(41,42)43;;/h1-15,31-32,36H,(H,38,39,40)(H,41,42,43);;/q;2*+1/p-2/b30-29?,33-24-,34-27+;;. The first-order valence-electron chi connectivity index (χ1n) is 12.5. The Morgan fingerprint density at radius 2 is 1.17 bits per heavy atom. The fraction of sp³-hybridized carbons (Fsp3) is 0. The van der Waals surface area contributed by atoms with E-state index in [1.807, 2.05) is 0 Å². The van der Waals surface area contributed by atoms with Crippen LogP contribution in [0.5, 0.6) is 5.75 Å². The van der Waals surface area contributed by atoms with Crippen LogP contribution in [0.4, 0.5) is 22.7 Å². The van der Waals surface area contributed by atoms with Gasteiger partial charge in [0.25, 0.3) is 0 Å². The second-order valence-corrected chi connectivity index (χ2v) is 12.0. The Labute approximate surface area is 310 Å². The summed E-state index contributed by atoms with van der Waals surface area (Å²) in [7, 11) is -9.40. The molecule has 5 rings (SSSR count). The molecule has 3 N–H and O–H groups in total. The molecule has 0 aliphatic heterocycles. The van der Waals surface area contributed by atoms with Crippen molar-refractivity contribution in [3.8, 4) is 5.75 Å². The number of benzene rings is 5. The average Bonchev–Trinajstić information content (AvgIpc) is 2.99. The van der Waals surface area contributed by atoms with Gasteiger partial charge in [-0.15, -0.1) is 0 Å². The Morgan fingerprint density at radius 3 is 1.77 bits per heavy atom. The van der Waals surface area contributed by atoms with Gasteiger partial charge in [-0.2, -0.15) is 20.4 Å². The predicted molar refractivity (Wildman–Crippen MR) is 158 cm³/mol. The van der Waals surface area contributed by atoms with Crippen molar-refractivity contribution >= 4 is 53.8 Å². The molecule has 0 aromatic heterocycles. The second kappa shape index (κ2) is 15.5. The maximum Gasteiger partial charge on any atom is 1.00 e. The van der Waals surface area contributed by atoms with Crippen molar-refractivity contribution in [3.63, 3.8) is 0 Å². The molecule has 0 aliphatic rings. The van der Waals surface area contributed by atoms with Gasteiger partial charge in [-0.05, 0) is 96.4 Å². The zero-order valence-electron chi connectivity index (χ0n) is 24.5. The summed E-state index contributed by atoms with van der Waals surface area (Å²) < 4.78 is 67.2. The third kappa shape index (κ3) is 9.48. The normalized spacial score (nSPS) is 12.5. The number of aromatic hydroxyl groups is 1. The number of hydrogen-bond donors (Lipinski definition) is 3. The van der Waals surface area contributed by atoms with Crippen LogP contribution in [0, 0.1) is 0 Å². The number of azo groups is 1. The predicted octanol–water partition coefficient (Wildman–Crippen LogP) is -3.77. The molecule has 19 heteroatoms. The molecule has 0 spiro atoms. The fourth-order valence-electron chi connectivity index (χ4n) is 3.92. The average molecular weight is 693 g/mol. The molecule has 0 radical (unpaired) electrons. The van der Waals surface area contributed by atoms with E-state index in [1.165, 1.54) is 36.4 Å². The number of phenols is 1. The second-order valence-electron chi connectivity index (χ2n) is 9.24. The van der Waals surface area contributed by atoms with E-state index in [1.54, 1.807) is 24.3 Å². The van der Waals surface area contributed by atoms with Gasteiger partial charge in [0.15, 0.2) is 5.36 Å². The number of phenolic OH excluding ortho intramolecular Hbond substituents is 1. The minimum atomic E-state index is -4.83. The van der Waals surface area contributed by atoms with E-state index in [0.717, 1.165) is 30.3 Å². The van der Waals surface area contributed by atoms with Crippen LogP contribution >= 0.6 is 0 Å². The Morgan fingerprint density at radius 1 is 0.617 bits per heavy atom. The van der Waals surface area contributed by atoms with Crippen molar-refractivity contribution in [3.05, 3.63) is 122 Å². The van der Waals surface area contributed by atoms with Gasteiger partial charge in [-0.3, -0.25) is 20.4 Å². The molecule has 0 atom stereocenters. The van der Waals surface area contributed by atoms with Crippen molar-refractivity contribution in [1.29, 1.82) is 0 Å². The van der Waals surface area contributed by atoms with Gasteiger partial charge in [-0.25, -0.2) is 16.8 Å². The van der Waals surface area contributed by atoms with Gasteiger partial charge in [0.05, 0.1) is 32.5 Å². The van der Waals surface area contributed by atoms with Gasteiger partial charge < -0.3 is 14.2 Å². The summed E-state index contributed by atoms with van der Waals surface area (Å²) in [5, 5.41) is 25.9. The Hall–Kier alpha value is -3.62. The zero-order chi connectivity index (χ0) is 32.4. The van der Waals surface area contributed by atoms with Crippen molar-refractivity contribution in [2.75, 3.05) is 10.9 Å². The molecule has 0 saturated heterocycles. The van der Waals surface area contributed by atoms with Crippen molar-refractivity contribution in [1.82, 2.24) is 0 Å². The largest absolute Gasteiger partial charge is 1.00 e. The Kier molecular flexibility index (Phi) is 12.5. The first kappa shape index (κ1) is 37.8. The van der Waals surface area contributed by atoms with Crippen LogP contribution in [0.15, 0.2) is 131 Å². The molecule has 47 heavy (non-hydrogen) atoms. The van der Waals surface area contributed by atoms with Crippen molar-refractivity contribution in [2.45, 2.75) is 9.79 Å². The molecular formula is C28H18N6Na2O9S2. The number of fused-ring (bicyclic) bond motifs is 1. The summed E-state index contributed by atoms with van der Waals surface area (Å²) in [6.07, 6.45) is 0. The van der Waals surface area contributed by atoms with Gasteiger partial charge in [0, 0.05) is 5.39 Å². The smallest absolute Gasteiger partial charge is 0.744 e.